The van der Waals surface area contributed by atoms with Gasteiger partial charge < -0.3 is 5.32 Å². The molecule has 1 aromatic carbocycles. The molecule has 5 nitrogen and oxygen atoms in total. The molecular weight excluding hydrogens is 338 g/mol. The van der Waals surface area contributed by atoms with Gasteiger partial charge in [0.2, 0.25) is 0 Å². The van der Waals surface area contributed by atoms with Crippen LogP contribution in [0.1, 0.15) is 43.4 Å². The Morgan fingerprint density at radius 3 is 2.68 bits per heavy atom. The summed E-state index contributed by atoms with van der Waals surface area (Å²) in [6, 6.07) is 7.40. The summed E-state index contributed by atoms with van der Waals surface area (Å²) in [5.74, 6) is -0.138. The van der Waals surface area contributed by atoms with E-state index in [0.29, 0.717) is 23.6 Å². The normalized spacial score (nSPS) is 19.7. The molecule has 2 fully saturated rings. The number of aromatic nitrogens is 1. The summed E-state index contributed by atoms with van der Waals surface area (Å²) >= 11 is 6.49. The highest BCUT2D eigenvalue weighted by molar-refractivity contribution is 6.32. The Bertz CT molecular complexity index is 874. The molecule has 2 aromatic rings. The van der Waals surface area contributed by atoms with Crippen molar-refractivity contribution in [2.45, 2.75) is 51.1 Å². The third-order valence-corrected chi connectivity index (χ3v) is 5.91. The SMILES string of the molecule is Cc1c(Cl)c(CN2C(=O)NC3(CCCCC3)C2=O)nc2ccccc12. The molecule has 3 amide bonds. The largest absolute Gasteiger partial charge is 0.325 e. The zero-order valence-electron chi connectivity index (χ0n) is 14.1. The average Bonchev–Trinajstić information content (AvgIpc) is 2.84. The molecule has 1 spiro atoms. The highest BCUT2D eigenvalue weighted by Crippen LogP contribution is 2.35. The standard InChI is InChI=1S/C19H20ClN3O2/c1-12-13-7-3-4-8-14(13)21-15(16(12)20)11-23-17(24)19(22-18(23)25)9-5-2-6-10-19/h3-4,7-8H,2,5-6,9-11H2,1H3,(H,22,25). The fraction of sp³-hybridized carbons (Fsp3) is 0.421. The van der Waals surface area contributed by atoms with Gasteiger partial charge in [-0.2, -0.15) is 0 Å². The molecule has 130 valence electrons. The molecule has 6 heteroatoms. The molecule has 1 aromatic heterocycles. The Kier molecular flexibility index (Phi) is 3.91. The summed E-state index contributed by atoms with van der Waals surface area (Å²) in [7, 11) is 0. The number of carbonyl (C=O) groups is 2. The second-order valence-corrected chi connectivity index (χ2v) is 7.36. The van der Waals surface area contributed by atoms with Gasteiger partial charge in [-0.15, -0.1) is 0 Å². The van der Waals surface area contributed by atoms with Crippen LogP contribution in [0.5, 0.6) is 0 Å². The monoisotopic (exact) mass is 357 g/mol. The van der Waals surface area contributed by atoms with Crippen LogP contribution in [0.3, 0.4) is 0 Å². The van der Waals surface area contributed by atoms with Crippen molar-refractivity contribution >= 4 is 34.4 Å². The minimum absolute atomic E-state index is 0.108. The van der Waals surface area contributed by atoms with E-state index in [4.69, 9.17) is 11.6 Å². The lowest BCUT2D eigenvalue weighted by atomic mass is 9.82. The number of halogens is 1. The zero-order chi connectivity index (χ0) is 17.6. The van der Waals surface area contributed by atoms with Crippen molar-refractivity contribution in [2.75, 3.05) is 0 Å². The number of urea groups is 1. The fourth-order valence-electron chi connectivity index (χ4n) is 3.99. The Hall–Kier alpha value is -2.14. The average molecular weight is 358 g/mol. The van der Waals surface area contributed by atoms with Gasteiger partial charge in [-0.1, -0.05) is 49.1 Å². The highest BCUT2D eigenvalue weighted by atomic mass is 35.5. The molecule has 2 aliphatic rings. The van der Waals surface area contributed by atoms with Crippen LogP contribution in [0, 0.1) is 6.92 Å². The molecule has 0 atom stereocenters. The van der Waals surface area contributed by atoms with Crippen molar-refractivity contribution in [3.8, 4) is 0 Å². The summed E-state index contributed by atoms with van der Waals surface area (Å²) in [6.45, 7) is 2.04. The summed E-state index contributed by atoms with van der Waals surface area (Å²) in [5.41, 5.74) is 1.59. The predicted molar refractivity (Wildman–Crippen MR) is 96.4 cm³/mol. The molecular formula is C19H20ClN3O2. The van der Waals surface area contributed by atoms with E-state index in [1.165, 1.54) is 4.90 Å². The molecule has 4 rings (SSSR count). The Balaban J connectivity index is 1.68. The number of hydrogen-bond donors (Lipinski definition) is 1. The van der Waals surface area contributed by atoms with E-state index in [1.807, 2.05) is 31.2 Å². The summed E-state index contributed by atoms with van der Waals surface area (Å²) in [4.78, 5) is 31.2. The van der Waals surface area contributed by atoms with E-state index in [9.17, 15) is 9.59 Å². The van der Waals surface area contributed by atoms with Gasteiger partial charge in [0.25, 0.3) is 5.91 Å². The molecule has 0 radical (unpaired) electrons. The van der Waals surface area contributed by atoms with Gasteiger partial charge >= 0.3 is 6.03 Å². The molecule has 1 aliphatic heterocycles. The second kappa shape index (κ2) is 5.99. The van der Waals surface area contributed by atoms with E-state index in [1.54, 1.807) is 0 Å². The van der Waals surface area contributed by atoms with Crippen LogP contribution in [0.4, 0.5) is 4.79 Å². The van der Waals surface area contributed by atoms with Crippen molar-refractivity contribution in [1.29, 1.82) is 0 Å². The lowest BCUT2D eigenvalue weighted by Crippen LogP contribution is -2.48. The smallest absolute Gasteiger partial charge is 0.323 e. The Morgan fingerprint density at radius 1 is 1.20 bits per heavy atom. The Morgan fingerprint density at radius 2 is 1.92 bits per heavy atom. The van der Waals surface area contributed by atoms with Crippen molar-refractivity contribution in [1.82, 2.24) is 15.2 Å². The van der Waals surface area contributed by atoms with Gasteiger partial charge in [-0.05, 0) is 31.4 Å². The van der Waals surface area contributed by atoms with Gasteiger partial charge in [-0.25, -0.2) is 9.78 Å². The molecule has 0 bridgehead atoms. The second-order valence-electron chi connectivity index (χ2n) is 6.98. The Labute approximate surface area is 151 Å². The number of amides is 3. The lowest BCUT2D eigenvalue weighted by Gasteiger charge is -2.30. The van der Waals surface area contributed by atoms with Gasteiger partial charge in [0, 0.05) is 5.39 Å². The maximum Gasteiger partial charge on any atom is 0.325 e. The van der Waals surface area contributed by atoms with Crippen molar-refractivity contribution < 1.29 is 9.59 Å². The first-order valence-electron chi connectivity index (χ1n) is 8.70. The van der Waals surface area contributed by atoms with Gasteiger partial charge in [0.05, 0.1) is 22.8 Å². The van der Waals surface area contributed by atoms with Crippen molar-refractivity contribution in [3.63, 3.8) is 0 Å². The quantitative estimate of drug-likeness (QED) is 0.828. The number of pyridine rings is 1. The van der Waals surface area contributed by atoms with Crippen LogP contribution in [0.2, 0.25) is 5.02 Å². The first kappa shape index (κ1) is 16.3. The summed E-state index contributed by atoms with van der Waals surface area (Å²) in [6.07, 6.45) is 4.47. The molecule has 1 saturated heterocycles. The first-order chi connectivity index (χ1) is 12.0. The zero-order valence-corrected chi connectivity index (χ0v) is 14.9. The molecule has 1 aliphatic carbocycles. The highest BCUT2D eigenvalue weighted by Gasteiger charge is 2.51. The number of aryl methyl sites for hydroxylation is 1. The van der Waals surface area contributed by atoms with Crippen molar-refractivity contribution in [2.24, 2.45) is 0 Å². The third kappa shape index (κ3) is 2.58. The molecule has 25 heavy (non-hydrogen) atoms. The predicted octanol–water partition coefficient (Wildman–Crippen LogP) is 3.95. The minimum atomic E-state index is -0.715. The van der Waals surface area contributed by atoms with E-state index in [0.717, 1.165) is 35.7 Å². The molecule has 0 unspecified atom stereocenters. The molecule has 2 heterocycles. The van der Waals surface area contributed by atoms with Gasteiger partial charge in [-0.3, -0.25) is 9.69 Å². The number of carbonyl (C=O) groups excluding carboxylic acids is 2. The number of fused-ring (bicyclic) bond motifs is 1. The maximum atomic E-state index is 12.9. The third-order valence-electron chi connectivity index (χ3n) is 5.41. The van der Waals surface area contributed by atoms with Gasteiger partial charge in [0.15, 0.2) is 0 Å². The molecule has 1 saturated carbocycles. The fourth-order valence-corrected chi connectivity index (χ4v) is 4.19. The van der Waals surface area contributed by atoms with Crippen molar-refractivity contribution in [3.05, 3.63) is 40.5 Å². The van der Waals surface area contributed by atoms with Gasteiger partial charge in [0.1, 0.15) is 5.54 Å². The van der Waals surface area contributed by atoms with E-state index >= 15 is 0 Å². The van der Waals surface area contributed by atoms with Crippen LogP contribution in [0.15, 0.2) is 24.3 Å². The number of para-hydroxylation sites is 1. The van der Waals surface area contributed by atoms with Crippen LogP contribution in [-0.4, -0.2) is 27.4 Å². The number of imide groups is 1. The van der Waals surface area contributed by atoms with E-state index < -0.39 is 5.54 Å². The van der Waals surface area contributed by atoms with Crippen LogP contribution < -0.4 is 5.32 Å². The van der Waals surface area contributed by atoms with E-state index in [-0.39, 0.29) is 18.5 Å². The summed E-state index contributed by atoms with van der Waals surface area (Å²) in [5, 5.41) is 4.43. The number of hydrogen-bond acceptors (Lipinski definition) is 3. The van der Waals surface area contributed by atoms with Crippen LogP contribution in [-0.2, 0) is 11.3 Å². The summed E-state index contributed by atoms with van der Waals surface area (Å²) < 4.78 is 0. The number of nitrogens with one attached hydrogen (secondary N) is 1. The molecule has 1 N–H and O–H groups in total. The number of nitrogens with zero attached hydrogens (tertiary/aromatic N) is 2. The maximum absolute atomic E-state index is 12.9. The van der Waals surface area contributed by atoms with Crippen LogP contribution in [0.25, 0.3) is 10.9 Å². The number of benzene rings is 1. The van der Waals surface area contributed by atoms with Crippen LogP contribution >= 0.6 is 11.6 Å². The lowest BCUT2D eigenvalue weighted by molar-refractivity contribution is -0.132. The first-order valence-corrected chi connectivity index (χ1v) is 9.07. The van der Waals surface area contributed by atoms with E-state index in [2.05, 4.69) is 10.3 Å². The topological polar surface area (TPSA) is 62.3 Å². The number of rotatable bonds is 2. The minimum Gasteiger partial charge on any atom is -0.323 e.